The van der Waals surface area contributed by atoms with Crippen LogP contribution in [0, 0.1) is 0 Å². The number of nitrogens with zero attached hydrogens (tertiary/aromatic N) is 1. The highest BCUT2D eigenvalue weighted by atomic mass is 79.9. The first-order chi connectivity index (χ1) is 8.56. The number of aliphatic hydroxyl groups excluding tert-OH is 1. The van der Waals surface area contributed by atoms with E-state index in [1.54, 1.807) is 12.3 Å². The zero-order chi connectivity index (χ0) is 13.1. The summed E-state index contributed by atoms with van der Waals surface area (Å²) >= 11 is 6.68. The van der Waals surface area contributed by atoms with Gasteiger partial charge in [-0.05, 0) is 53.7 Å². The molecule has 0 aliphatic heterocycles. The number of aromatic hydroxyl groups is 1. The molecular weight excluding hydrogens is 362 g/mol. The molecule has 0 heterocycles. The molecule has 1 aromatic rings. The second-order valence-corrected chi connectivity index (χ2v) is 6.34. The summed E-state index contributed by atoms with van der Waals surface area (Å²) in [4.78, 5) is 4.49. The van der Waals surface area contributed by atoms with Crippen molar-refractivity contribution < 1.29 is 10.2 Å². The van der Waals surface area contributed by atoms with Crippen molar-refractivity contribution in [2.24, 2.45) is 4.99 Å². The van der Waals surface area contributed by atoms with Crippen molar-refractivity contribution in [2.45, 2.75) is 37.8 Å². The minimum Gasteiger partial charge on any atom is -0.506 e. The van der Waals surface area contributed by atoms with E-state index >= 15 is 0 Å². The Kier molecular flexibility index (Phi) is 4.81. The second-order valence-electron chi connectivity index (χ2n) is 4.57. The maximum absolute atomic E-state index is 9.89. The lowest BCUT2D eigenvalue weighted by atomic mass is 9.93. The van der Waals surface area contributed by atoms with Crippen molar-refractivity contribution >= 4 is 38.1 Å². The first-order valence-corrected chi connectivity index (χ1v) is 7.54. The van der Waals surface area contributed by atoms with Crippen molar-refractivity contribution in [1.29, 1.82) is 0 Å². The highest BCUT2D eigenvalue weighted by molar-refractivity contribution is 9.11. The third kappa shape index (κ3) is 3.56. The van der Waals surface area contributed by atoms with E-state index in [2.05, 4.69) is 36.9 Å². The summed E-state index contributed by atoms with van der Waals surface area (Å²) in [5.41, 5.74) is 0.697. The molecule has 0 bridgehead atoms. The molecule has 1 saturated carbocycles. The molecule has 1 aliphatic rings. The molecule has 1 aliphatic carbocycles. The Morgan fingerprint density at radius 1 is 1.17 bits per heavy atom. The van der Waals surface area contributed by atoms with E-state index in [0.717, 1.165) is 30.2 Å². The van der Waals surface area contributed by atoms with Gasteiger partial charge in [0.2, 0.25) is 0 Å². The third-order valence-corrected chi connectivity index (χ3v) is 4.21. The summed E-state index contributed by atoms with van der Waals surface area (Å²) in [6, 6.07) is 3.89. The van der Waals surface area contributed by atoms with Crippen LogP contribution in [0.1, 0.15) is 31.2 Å². The molecule has 0 unspecified atom stereocenters. The van der Waals surface area contributed by atoms with Gasteiger partial charge >= 0.3 is 0 Å². The minimum atomic E-state index is -0.162. The Morgan fingerprint density at radius 3 is 2.50 bits per heavy atom. The molecule has 0 amide bonds. The van der Waals surface area contributed by atoms with E-state index in [4.69, 9.17) is 0 Å². The molecule has 2 N–H and O–H groups in total. The van der Waals surface area contributed by atoms with Gasteiger partial charge < -0.3 is 10.2 Å². The number of aliphatic imine (C=N–C) groups is 1. The summed E-state index contributed by atoms with van der Waals surface area (Å²) in [7, 11) is 0. The summed E-state index contributed by atoms with van der Waals surface area (Å²) in [5.74, 6) is 0.206. The van der Waals surface area contributed by atoms with Crippen LogP contribution in [0.3, 0.4) is 0 Å². The van der Waals surface area contributed by atoms with E-state index in [-0.39, 0.29) is 17.9 Å². The van der Waals surface area contributed by atoms with Crippen LogP contribution in [0.5, 0.6) is 5.75 Å². The molecule has 0 radical (unpaired) electrons. The van der Waals surface area contributed by atoms with Crippen molar-refractivity contribution in [2.75, 3.05) is 0 Å². The molecule has 5 heteroatoms. The van der Waals surface area contributed by atoms with Gasteiger partial charge in [0.05, 0.1) is 16.6 Å². The number of halogens is 2. The highest BCUT2D eigenvalue weighted by Gasteiger charge is 2.18. The first kappa shape index (κ1) is 14.0. The molecule has 0 atom stereocenters. The Morgan fingerprint density at radius 2 is 1.83 bits per heavy atom. The van der Waals surface area contributed by atoms with Gasteiger partial charge in [-0.2, -0.15) is 0 Å². The first-order valence-electron chi connectivity index (χ1n) is 5.95. The zero-order valence-electron chi connectivity index (χ0n) is 9.81. The van der Waals surface area contributed by atoms with Gasteiger partial charge in [-0.1, -0.05) is 15.9 Å². The number of phenols is 1. The SMILES string of the molecule is Oc1c(Br)cc(Br)cc1C=NC1CCC(O)CC1. The van der Waals surface area contributed by atoms with Gasteiger partial charge in [0.1, 0.15) is 5.75 Å². The maximum atomic E-state index is 9.89. The third-order valence-electron chi connectivity index (χ3n) is 3.15. The molecule has 0 aromatic heterocycles. The van der Waals surface area contributed by atoms with Crippen LogP contribution >= 0.6 is 31.9 Å². The molecule has 18 heavy (non-hydrogen) atoms. The standard InChI is InChI=1S/C13H15Br2NO2/c14-9-5-8(13(18)12(15)6-9)7-16-10-1-3-11(17)4-2-10/h5-7,10-11,17-18H,1-4H2. The molecular formula is C13H15Br2NO2. The molecule has 2 rings (SSSR count). The predicted molar refractivity (Wildman–Crippen MR) is 79.4 cm³/mol. The van der Waals surface area contributed by atoms with Gasteiger partial charge in [0.15, 0.2) is 0 Å². The Hall–Kier alpha value is -0.390. The lowest BCUT2D eigenvalue weighted by Gasteiger charge is -2.22. The number of benzene rings is 1. The molecule has 1 aromatic carbocycles. The Labute approximate surface area is 123 Å². The van der Waals surface area contributed by atoms with Crippen LogP contribution in [0.25, 0.3) is 0 Å². The lowest BCUT2D eigenvalue weighted by Crippen LogP contribution is -2.20. The van der Waals surface area contributed by atoms with Crippen LogP contribution in [0.15, 0.2) is 26.1 Å². The molecule has 98 valence electrons. The monoisotopic (exact) mass is 375 g/mol. The van der Waals surface area contributed by atoms with Crippen LogP contribution in [-0.2, 0) is 0 Å². The smallest absolute Gasteiger partial charge is 0.138 e. The van der Waals surface area contributed by atoms with Crippen LogP contribution < -0.4 is 0 Å². The fraction of sp³-hybridized carbons (Fsp3) is 0.462. The number of hydrogen-bond acceptors (Lipinski definition) is 3. The fourth-order valence-corrected chi connectivity index (χ4v) is 3.34. The molecule has 0 saturated heterocycles. The fourth-order valence-electron chi connectivity index (χ4n) is 2.08. The summed E-state index contributed by atoms with van der Waals surface area (Å²) in [6.07, 6.45) is 5.01. The van der Waals surface area contributed by atoms with Gasteiger partial charge in [-0.15, -0.1) is 0 Å². The Balaban J connectivity index is 2.09. The number of rotatable bonds is 2. The number of hydrogen-bond donors (Lipinski definition) is 2. The number of phenolic OH excluding ortho intramolecular Hbond substituents is 1. The summed E-state index contributed by atoms with van der Waals surface area (Å²) in [5, 5.41) is 19.3. The van der Waals surface area contributed by atoms with E-state index in [0.29, 0.717) is 10.0 Å². The van der Waals surface area contributed by atoms with Crippen LogP contribution in [-0.4, -0.2) is 28.6 Å². The zero-order valence-corrected chi connectivity index (χ0v) is 13.0. The van der Waals surface area contributed by atoms with Crippen LogP contribution in [0.2, 0.25) is 0 Å². The second kappa shape index (κ2) is 6.17. The maximum Gasteiger partial charge on any atom is 0.138 e. The van der Waals surface area contributed by atoms with E-state index in [1.807, 2.05) is 6.07 Å². The van der Waals surface area contributed by atoms with Gasteiger partial charge in [-0.25, -0.2) is 0 Å². The topological polar surface area (TPSA) is 52.8 Å². The quantitative estimate of drug-likeness (QED) is 0.774. The average Bonchev–Trinajstić information content (AvgIpc) is 2.34. The van der Waals surface area contributed by atoms with E-state index < -0.39 is 0 Å². The predicted octanol–water partition coefficient (Wildman–Crippen LogP) is 3.64. The lowest BCUT2D eigenvalue weighted by molar-refractivity contribution is 0.123. The molecule has 1 fully saturated rings. The van der Waals surface area contributed by atoms with Crippen molar-refractivity contribution in [3.63, 3.8) is 0 Å². The molecule has 3 nitrogen and oxygen atoms in total. The van der Waals surface area contributed by atoms with Gasteiger partial charge in [-0.3, -0.25) is 4.99 Å². The Bertz CT molecular complexity index is 455. The normalized spacial score (nSPS) is 24.6. The van der Waals surface area contributed by atoms with Gasteiger partial charge in [0.25, 0.3) is 0 Å². The number of aliphatic hydroxyl groups is 1. The van der Waals surface area contributed by atoms with Crippen molar-refractivity contribution in [3.8, 4) is 5.75 Å². The van der Waals surface area contributed by atoms with E-state index in [9.17, 15) is 10.2 Å². The largest absolute Gasteiger partial charge is 0.506 e. The van der Waals surface area contributed by atoms with Crippen molar-refractivity contribution in [1.82, 2.24) is 0 Å². The molecule has 0 spiro atoms. The summed E-state index contributed by atoms with van der Waals surface area (Å²) < 4.78 is 1.55. The highest BCUT2D eigenvalue weighted by Crippen LogP contribution is 2.31. The van der Waals surface area contributed by atoms with Crippen LogP contribution in [0.4, 0.5) is 0 Å². The summed E-state index contributed by atoms with van der Waals surface area (Å²) in [6.45, 7) is 0. The minimum absolute atomic E-state index is 0.162. The van der Waals surface area contributed by atoms with Gasteiger partial charge in [0, 0.05) is 16.3 Å². The average molecular weight is 377 g/mol. The van der Waals surface area contributed by atoms with E-state index in [1.165, 1.54) is 0 Å². The van der Waals surface area contributed by atoms with Crippen molar-refractivity contribution in [3.05, 3.63) is 26.6 Å².